The van der Waals surface area contributed by atoms with Crippen molar-refractivity contribution in [1.82, 2.24) is 0 Å². The maximum absolute atomic E-state index is 12.7. The lowest BCUT2D eigenvalue weighted by atomic mass is 10.2. The highest BCUT2D eigenvalue weighted by atomic mass is 35.5. The van der Waals surface area contributed by atoms with Gasteiger partial charge in [-0.05, 0) is 41.5 Å². The summed E-state index contributed by atoms with van der Waals surface area (Å²) in [5.74, 6) is -0.542. The number of hydrogen-bond donors (Lipinski definition) is 0. The molecule has 0 N–H and O–H groups in total. The fourth-order valence-corrected chi connectivity index (χ4v) is 2.86. The number of sulfone groups is 1. The highest BCUT2D eigenvalue weighted by Crippen LogP contribution is 2.13. The second-order valence-electron chi connectivity index (χ2n) is 4.29. The van der Waals surface area contributed by atoms with Crippen LogP contribution in [0.1, 0.15) is 11.1 Å². The molecule has 2 nitrogen and oxygen atoms in total. The van der Waals surface area contributed by atoms with Crippen LogP contribution in [-0.2, 0) is 15.6 Å². The summed E-state index contributed by atoms with van der Waals surface area (Å²) in [6, 6.07) is 12.2. The van der Waals surface area contributed by atoms with Crippen LogP contribution in [0.15, 0.2) is 53.9 Å². The van der Waals surface area contributed by atoms with Gasteiger partial charge in [0.2, 0.25) is 0 Å². The Hall–Kier alpha value is -1.65. The molecule has 0 fully saturated rings. The molecule has 0 heterocycles. The second kappa shape index (κ2) is 6.20. The van der Waals surface area contributed by atoms with Crippen molar-refractivity contribution in [2.45, 2.75) is 5.75 Å². The van der Waals surface area contributed by atoms with Crippen LogP contribution in [0.4, 0.5) is 4.39 Å². The Morgan fingerprint density at radius 2 is 1.60 bits per heavy atom. The molecule has 0 saturated carbocycles. The van der Waals surface area contributed by atoms with Gasteiger partial charge in [0.05, 0.1) is 5.75 Å². The molecular weight excluding hydrogens is 299 g/mol. The standard InChI is InChI=1S/C15H12ClFO2S/c16-14-5-1-12(2-6-14)9-10-20(18,19)11-13-3-7-15(17)8-4-13/h1-10H,11H2/b10-9+. The number of halogens is 2. The predicted molar refractivity (Wildman–Crippen MR) is 79.5 cm³/mol. The molecule has 0 atom stereocenters. The van der Waals surface area contributed by atoms with Crippen molar-refractivity contribution in [1.29, 1.82) is 0 Å². The van der Waals surface area contributed by atoms with E-state index in [-0.39, 0.29) is 11.6 Å². The molecule has 0 radical (unpaired) electrons. The van der Waals surface area contributed by atoms with Gasteiger partial charge in [-0.25, -0.2) is 12.8 Å². The van der Waals surface area contributed by atoms with E-state index in [4.69, 9.17) is 11.6 Å². The van der Waals surface area contributed by atoms with Gasteiger partial charge in [0.1, 0.15) is 5.82 Å². The molecule has 2 aromatic rings. The fraction of sp³-hybridized carbons (Fsp3) is 0.0667. The average molecular weight is 311 g/mol. The lowest BCUT2D eigenvalue weighted by Crippen LogP contribution is -1.99. The van der Waals surface area contributed by atoms with Crippen molar-refractivity contribution in [2.24, 2.45) is 0 Å². The zero-order valence-electron chi connectivity index (χ0n) is 10.5. The van der Waals surface area contributed by atoms with Crippen LogP contribution in [-0.4, -0.2) is 8.42 Å². The van der Waals surface area contributed by atoms with E-state index in [0.717, 1.165) is 11.0 Å². The highest BCUT2D eigenvalue weighted by molar-refractivity contribution is 7.93. The minimum Gasteiger partial charge on any atom is -0.224 e. The third-order valence-corrected chi connectivity index (χ3v) is 4.16. The van der Waals surface area contributed by atoms with Crippen LogP contribution in [0.3, 0.4) is 0 Å². The van der Waals surface area contributed by atoms with Crippen molar-refractivity contribution in [2.75, 3.05) is 0 Å². The molecule has 0 aliphatic carbocycles. The molecule has 0 spiro atoms. The fourth-order valence-electron chi connectivity index (χ4n) is 1.62. The Morgan fingerprint density at radius 3 is 2.20 bits per heavy atom. The lowest BCUT2D eigenvalue weighted by Gasteiger charge is -2.00. The molecule has 0 aliphatic heterocycles. The van der Waals surface area contributed by atoms with Crippen LogP contribution < -0.4 is 0 Å². The normalized spacial score (nSPS) is 11.9. The maximum Gasteiger partial charge on any atom is 0.175 e. The first-order chi connectivity index (χ1) is 9.44. The maximum atomic E-state index is 12.7. The second-order valence-corrected chi connectivity index (χ2v) is 6.61. The topological polar surface area (TPSA) is 34.1 Å². The van der Waals surface area contributed by atoms with Crippen LogP contribution >= 0.6 is 11.6 Å². The number of rotatable bonds is 4. The Labute approximate surface area is 122 Å². The minimum atomic E-state index is -3.39. The highest BCUT2D eigenvalue weighted by Gasteiger charge is 2.07. The van der Waals surface area contributed by atoms with Gasteiger partial charge < -0.3 is 0 Å². The Balaban J connectivity index is 2.11. The molecule has 2 rings (SSSR count). The van der Waals surface area contributed by atoms with Crippen LogP contribution in [0.2, 0.25) is 5.02 Å². The van der Waals surface area contributed by atoms with Gasteiger partial charge in [0.25, 0.3) is 0 Å². The van der Waals surface area contributed by atoms with Gasteiger partial charge in [-0.15, -0.1) is 0 Å². The summed E-state index contributed by atoms with van der Waals surface area (Å²) >= 11 is 5.75. The van der Waals surface area contributed by atoms with Crippen LogP contribution in [0.25, 0.3) is 6.08 Å². The smallest absolute Gasteiger partial charge is 0.175 e. The van der Waals surface area contributed by atoms with E-state index in [9.17, 15) is 12.8 Å². The molecule has 0 unspecified atom stereocenters. The number of hydrogen-bond acceptors (Lipinski definition) is 2. The van der Waals surface area contributed by atoms with E-state index >= 15 is 0 Å². The van der Waals surface area contributed by atoms with Crippen molar-refractivity contribution < 1.29 is 12.8 Å². The largest absolute Gasteiger partial charge is 0.224 e. The van der Waals surface area contributed by atoms with E-state index in [0.29, 0.717) is 10.6 Å². The van der Waals surface area contributed by atoms with E-state index in [2.05, 4.69) is 0 Å². The van der Waals surface area contributed by atoms with Gasteiger partial charge >= 0.3 is 0 Å². The first-order valence-corrected chi connectivity index (χ1v) is 7.95. The Morgan fingerprint density at radius 1 is 1.00 bits per heavy atom. The Bertz CT molecular complexity index is 705. The van der Waals surface area contributed by atoms with Gasteiger partial charge in [-0.3, -0.25) is 0 Å². The van der Waals surface area contributed by atoms with Crippen LogP contribution in [0, 0.1) is 5.82 Å². The predicted octanol–water partition coefficient (Wildman–Crippen LogP) is 4.06. The van der Waals surface area contributed by atoms with Gasteiger partial charge in [0, 0.05) is 10.4 Å². The van der Waals surface area contributed by atoms with Crippen molar-refractivity contribution in [3.8, 4) is 0 Å². The molecule has 0 aliphatic rings. The van der Waals surface area contributed by atoms with Gasteiger partial charge in [0.15, 0.2) is 9.84 Å². The van der Waals surface area contributed by atoms with Crippen molar-refractivity contribution in [3.05, 3.63) is 75.9 Å². The zero-order chi connectivity index (χ0) is 14.6. The molecule has 0 bridgehead atoms. The summed E-state index contributed by atoms with van der Waals surface area (Å²) < 4.78 is 36.6. The molecule has 0 aromatic heterocycles. The summed E-state index contributed by atoms with van der Waals surface area (Å²) in [7, 11) is -3.39. The third kappa shape index (κ3) is 4.47. The van der Waals surface area contributed by atoms with Gasteiger partial charge in [-0.2, -0.15) is 0 Å². The first-order valence-electron chi connectivity index (χ1n) is 5.85. The summed E-state index contributed by atoms with van der Waals surface area (Å²) in [5, 5.41) is 1.75. The summed E-state index contributed by atoms with van der Waals surface area (Å²) in [6.07, 6.45) is 1.51. The Kier molecular flexibility index (Phi) is 4.57. The first kappa shape index (κ1) is 14.8. The zero-order valence-corrected chi connectivity index (χ0v) is 12.0. The third-order valence-electron chi connectivity index (χ3n) is 2.62. The summed E-state index contributed by atoms with van der Waals surface area (Å²) in [5.41, 5.74) is 1.30. The van der Waals surface area contributed by atoms with Crippen molar-refractivity contribution in [3.63, 3.8) is 0 Å². The minimum absolute atomic E-state index is 0.155. The molecule has 20 heavy (non-hydrogen) atoms. The number of benzene rings is 2. The van der Waals surface area contributed by atoms with E-state index < -0.39 is 9.84 Å². The molecule has 0 saturated heterocycles. The SMILES string of the molecule is O=S(=O)(/C=C/c1ccc(Cl)cc1)Cc1ccc(F)cc1. The van der Waals surface area contributed by atoms with E-state index in [1.54, 1.807) is 24.3 Å². The summed E-state index contributed by atoms with van der Waals surface area (Å²) in [6.45, 7) is 0. The molecular formula is C15H12ClFO2S. The van der Waals surface area contributed by atoms with Crippen LogP contribution in [0.5, 0.6) is 0 Å². The quantitative estimate of drug-likeness (QED) is 0.853. The van der Waals surface area contributed by atoms with E-state index in [1.165, 1.54) is 30.3 Å². The van der Waals surface area contributed by atoms with Crippen molar-refractivity contribution >= 4 is 27.5 Å². The lowest BCUT2D eigenvalue weighted by molar-refractivity contribution is 0.603. The molecule has 5 heteroatoms. The average Bonchev–Trinajstić information content (AvgIpc) is 2.41. The molecule has 0 amide bonds. The molecule has 2 aromatic carbocycles. The monoisotopic (exact) mass is 310 g/mol. The molecule has 104 valence electrons. The van der Waals surface area contributed by atoms with E-state index in [1.807, 2.05) is 0 Å². The van der Waals surface area contributed by atoms with Gasteiger partial charge in [-0.1, -0.05) is 35.9 Å². The summed E-state index contributed by atoms with van der Waals surface area (Å²) in [4.78, 5) is 0.